The lowest BCUT2D eigenvalue weighted by Gasteiger charge is -2.26. The van der Waals surface area contributed by atoms with Crippen molar-refractivity contribution in [2.45, 2.75) is 25.9 Å². The second kappa shape index (κ2) is 3.82. The topological polar surface area (TPSA) is 9.23 Å². The maximum absolute atomic E-state index is 5.94. The van der Waals surface area contributed by atoms with E-state index in [0.717, 1.165) is 13.0 Å². The lowest BCUT2D eigenvalue weighted by atomic mass is 9.84. The Bertz CT molecular complexity index is 355. The average molecular weight is 202 g/mol. The summed E-state index contributed by atoms with van der Waals surface area (Å²) >= 11 is 0. The fourth-order valence-electron chi connectivity index (χ4n) is 2.24. The average Bonchev–Trinajstić information content (AvgIpc) is 2.58. The van der Waals surface area contributed by atoms with E-state index < -0.39 is 0 Å². The zero-order chi connectivity index (χ0) is 10.9. The van der Waals surface area contributed by atoms with Gasteiger partial charge in [0.25, 0.3) is 0 Å². The lowest BCUT2D eigenvalue weighted by molar-refractivity contribution is 0.0328. The summed E-state index contributed by atoms with van der Waals surface area (Å²) in [5, 5.41) is 0. The van der Waals surface area contributed by atoms with Crippen molar-refractivity contribution in [1.82, 2.24) is 0 Å². The molecule has 80 valence electrons. The first-order chi connectivity index (χ1) is 7.18. The summed E-state index contributed by atoms with van der Waals surface area (Å²) in [7, 11) is 0. The van der Waals surface area contributed by atoms with Gasteiger partial charge in [-0.25, -0.2) is 0 Å². The smallest absolute Gasteiger partial charge is 0.111 e. The first-order valence-electron chi connectivity index (χ1n) is 5.57. The molecule has 0 aliphatic carbocycles. The van der Waals surface area contributed by atoms with Crippen molar-refractivity contribution >= 4 is 0 Å². The van der Waals surface area contributed by atoms with Crippen molar-refractivity contribution in [2.24, 2.45) is 5.92 Å². The van der Waals surface area contributed by atoms with Crippen molar-refractivity contribution in [3.05, 3.63) is 48.0 Å². The van der Waals surface area contributed by atoms with Crippen molar-refractivity contribution in [3.63, 3.8) is 0 Å². The molecule has 2 rings (SSSR count). The molecule has 0 spiro atoms. The molecule has 2 atom stereocenters. The zero-order valence-electron chi connectivity index (χ0n) is 9.49. The van der Waals surface area contributed by atoms with Crippen LogP contribution in [0.5, 0.6) is 0 Å². The first-order valence-corrected chi connectivity index (χ1v) is 5.57. The Kier molecular flexibility index (Phi) is 2.66. The van der Waals surface area contributed by atoms with Gasteiger partial charge < -0.3 is 4.74 Å². The Hall–Kier alpha value is -1.08. The highest BCUT2D eigenvalue weighted by molar-refractivity contribution is 5.34. The van der Waals surface area contributed by atoms with Crippen molar-refractivity contribution in [2.75, 3.05) is 6.61 Å². The Labute approximate surface area is 91.8 Å². The van der Waals surface area contributed by atoms with Crippen LogP contribution in [0.3, 0.4) is 0 Å². The van der Waals surface area contributed by atoms with Gasteiger partial charge in [-0.1, -0.05) is 43.8 Å². The summed E-state index contributed by atoms with van der Waals surface area (Å²) < 4.78 is 5.94. The third-order valence-corrected chi connectivity index (χ3v) is 3.50. The van der Waals surface area contributed by atoms with Crippen molar-refractivity contribution < 1.29 is 4.74 Å². The van der Waals surface area contributed by atoms with Crippen LogP contribution in [0.2, 0.25) is 0 Å². The Morgan fingerprint density at radius 3 is 2.60 bits per heavy atom. The molecule has 1 saturated heterocycles. The summed E-state index contributed by atoms with van der Waals surface area (Å²) in [4.78, 5) is 0. The predicted molar refractivity (Wildman–Crippen MR) is 62.7 cm³/mol. The maximum atomic E-state index is 5.94. The van der Waals surface area contributed by atoms with Gasteiger partial charge in [-0.2, -0.15) is 0 Å². The largest absolute Gasteiger partial charge is 0.366 e. The quantitative estimate of drug-likeness (QED) is 0.667. The molecule has 0 bridgehead atoms. The molecule has 2 unspecified atom stereocenters. The van der Waals surface area contributed by atoms with E-state index in [1.807, 2.05) is 6.07 Å². The van der Waals surface area contributed by atoms with E-state index in [1.54, 1.807) is 0 Å². The highest BCUT2D eigenvalue weighted by atomic mass is 16.5. The van der Waals surface area contributed by atoms with Crippen LogP contribution in [0.15, 0.2) is 42.5 Å². The molecule has 0 N–H and O–H groups in total. The molecule has 1 heteroatoms. The van der Waals surface area contributed by atoms with Gasteiger partial charge in [-0.05, 0) is 24.5 Å². The fourth-order valence-corrected chi connectivity index (χ4v) is 2.24. The molecule has 1 heterocycles. The van der Waals surface area contributed by atoms with Crippen LogP contribution in [-0.2, 0) is 10.3 Å². The molecule has 1 nitrogen and oxygen atoms in total. The van der Waals surface area contributed by atoms with E-state index in [0.29, 0.717) is 5.92 Å². The standard InChI is InChI=1S/C14H18O/c1-4-12-10-15-14(3,11(12)2)13-8-6-5-7-9-13/h5-9,12H,2,4,10H2,1,3H3. The highest BCUT2D eigenvalue weighted by Crippen LogP contribution is 2.43. The van der Waals surface area contributed by atoms with Crippen molar-refractivity contribution in [3.8, 4) is 0 Å². The van der Waals surface area contributed by atoms with Gasteiger partial charge >= 0.3 is 0 Å². The second-order valence-corrected chi connectivity index (χ2v) is 4.34. The van der Waals surface area contributed by atoms with Crippen LogP contribution in [-0.4, -0.2) is 6.61 Å². The summed E-state index contributed by atoms with van der Waals surface area (Å²) in [6.07, 6.45) is 1.11. The highest BCUT2D eigenvalue weighted by Gasteiger charge is 2.40. The molecule has 1 aromatic carbocycles. The van der Waals surface area contributed by atoms with Gasteiger partial charge in [0.15, 0.2) is 0 Å². The van der Waals surface area contributed by atoms with Gasteiger partial charge in [0.2, 0.25) is 0 Å². The SMILES string of the molecule is C=C1C(CC)COC1(C)c1ccccc1. The third kappa shape index (κ3) is 1.61. The molecule has 1 aromatic rings. The second-order valence-electron chi connectivity index (χ2n) is 4.34. The van der Waals surface area contributed by atoms with E-state index in [-0.39, 0.29) is 5.60 Å². The molecule has 0 saturated carbocycles. The molecular weight excluding hydrogens is 184 g/mol. The molecule has 0 aromatic heterocycles. The third-order valence-electron chi connectivity index (χ3n) is 3.50. The van der Waals surface area contributed by atoms with Crippen LogP contribution in [0, 0.1) is 5.92 Å². The number of rotatable bonds is 2. The van der Waals surface area contributed by atoms with E-state index in [2.05, 4.69) is 44.7 Å². The summed E-state index contributed by atoms with van der Waals surface area (Å²) in [5.41, 5.74) is 2.16. The van der Waals surface area contributed by atoms with Gasteiger partial charge in [-0.15, -0.1) is 0 Å². The number of hydrogen-bond donors (Lipinski definition) is 0. The molecule has 0 radical (unpaired) electrons. The Morgan fingerprint density at radius 2 is 2.07 bits per heavy atom. The molecule has 1 aliphatic heterocycles. The Balaban J connectivity index is 2.33. The Morgan fingerprint density at radius 1 is 1.40 bits per heavy atom. The summed E-state index contributed by atoms with van der Waals surface area (Å²) in [5.74, 6) is 0.509. The van der Waals surface area contributed by atoms with Crippen LogP contribution in [0.1, 0.15) is 25.8 Å². The summed E-state index contributed by atoms with van der Waals surface area (Å²) in [6.45, 7) is 9.33. The van der Waals surface area contributed by atoms with Crippen LogP contribution >= 0.6 is 0 Å². The number of hydrogen-bond acceptors (Lipinski definition) is 1. The minimum Gasteiger partial charge on any atom is -0.366 e. The van der Waals surface area contributed by atoms with Gasteiger partial charge in [-0.3, -0.25) is 0 Å². The van der Waals surface area contributed by atoms with Gasteiger partial charge in [0, 0.05) is 5.92 Å². The zero-order valence-corrected chi connectivity index (χ0v) is 9.49. The number of benzene rings is 1. The minimum atomic E-state index is -0.276. The van der Waals surface area contributed by atoms with Gasteiger partial charge in [0.1, 0.15) is 5.60 Å². The molecule has 0 amide bonds. The number of ether oxygens (including phenoxy) is 1. The monoisotopic (exact) mass is 202 g/mol. The van der Waals surface area contributed by atoms with Crippen LogP contribution in [0.25, 0.3) is 0 Å². The molecular formula is C14H18O. The lowest BCUT2D eigenvalue weighted by Crippen LogP contribution is -2.22. The fraction of sp³-hybridized carbons (Fsp3) is 0.429. The van der Waals surface area contributed by atoms with E-state index >= 15 is 0 Å². The molecule has 1 aliphatic rings. The molecule has 1 fully saturated rings. The van der Waals surface area contributed by atoms with E-state index in [1.165, 1.54) is 11.1 Å². The maximum Gasteiger partial charge on any atom is 0.111 e. The minimum absolute atomic E-state index is 0.276. The van der Waals surface area contributed by atoms with Gasteiger partial charge in [0.05, 0.1) is 6.61 Å². The predicted octanol–water partition coefficient (Wildman–Crippen LogP) is 3.51. The molecule has 15 heavy (non-hydrogen) atoms. The van der Waals surface area contributed by atoms with Crippen LogP contribution in [0.4, 0.5) is 0 Å². The first kappa shape index (κ1) is 10.4. The summed E-state index contributed by atoms with van der Waals surface area (Å²) in [6, 6.07) is 10.4. The van der Waals surface area contributed by atoms with Crippen molar-refractivity contribution in [1.29, 1.82) is 0 Å². The normalized spacial score (nSPS) is 30.8. The van der Waals surface area contributed by atoms with E-state index in [9.17, 15) is 0 Å². The van der Waals surface area contributed by atoms with E-state index in [4.69, 9.17) is 4.74 Å². The van der Waals surface area contributed by atoms with Crippen LogP contribution < -0.4 is 0 Å².